The predicted octanol–water partition coefficient (Wildman–Crippen LogP) is 2.53. The summed E-state index contributed by atoms with van der Waals surface area (Å²) in [6.45, 7) is 1.31. The first-order valence-corrected chi connectivity index (χ1v) is 9.17. The Morgan fingerprint density at radius 2 is 1.88 bits per heavy atom. The van der Waals surface area contributed by atoms with Gasteiger partial charge in [-0.2, -0.15) is 0 Å². The Morgan fingerprint density at radius 1 is 1.19 bits per heavy atom. The Hall–Kier alpha value is -2.94. The van der Waals surface area contributed by atoms with E-state index < -0.39 is 27.5 Å². The fraction of sp³-hybridized carbons (Fsp3) is 0.235. The van der Waals surface area contributed by atoms with Crippen molar-refractivity contribution in [3.8, 4) is 0 Å². The Kier molecular flexibility index (Phi) is 5.93. The van der Waals surface area contributed by atoms with E-state index in [0.717, 1.165) is 17.5 Å². The van der Waals surface area contributed by atoms with E-state index in [-0.39, 0.29) is 10.6 Å². The number of anilines is 1. The third-order valence-electron chi connectivity index (χ3n) is 3.76. The maximum Gasteiger partial charge on any atom is 0.326 e. The number of carbonyl (C=O) groups is 1. The molecule has 0 fully saturated rings. The molecule has 0 aliphatic rings. The molecule has 0 radical (unpaired) electrons. The van der Waals surface area contributed by atoms with E-state index in [2.05, 4.69) is 4.74 Å². The zero-order valence-electron chi connectivity index (χ0n) is 14.3. The lowest BCUT2D eigenvalue weighted by Gasteiger charge is -2.25. The minimum atomic E-state index is -4.22. The molecule has 138 valence electrons. The third-order valence-corrected chi connectivity index (χ3v) is 5.51. The number of nitro benzene ring substituents is 1. The van der Waals surface area contributed by atoms with Gasteiger partial charge in [0.2, 0.25) is 0 Å². The summed E-state index contributed by atoms with van der Waals surface area (Å²) in [7, 11) is -3.06. The molecule has 0 saturated carbocycles. The molecule has 2 aromatic carbocycles. The molecule has 0 amide bonds. The van der Waals surface area contributed by atoms with Crippen LogP contribution in [-0.4, -0.2) is 33.0 Å². The van der Waals surface area contributed by atoms with Gasteiger partial charge in [0, 0.05) is 12.1 Å². The molecule has 2 rings (SSSR count). The molecule has 2 aromatic rings. The fourth-order valence-corrected chi connectivity index (χ4v) is 3.91. The van der Waals surface area contributed by atoms with Crippen molar-refractivity contribution in [2.75, 3.05) is 18.0 Å². The molecule has 0 atom stereocenters. The number of carbonyl (C=O) groups excluding carboxylic acids is 1. The van der Waals surface area contributed by atoms with Gasteiger partial charge in [-0.05, 0) is 24.1 Å². The van der Waals surface area contributed by atoms with Gasteiger partial charge in [0.15, 0.2) is 0 Å². The van der Waals surface area contributed by atoms with E-state index in [4.69, 9.17) is 0 Å². The van der Waals surface area contributed by atoms with Crippen LogP contribution in [0.3, 0.4) is 0 Å². The number of ether oxygens (including phenoxy) is 1. The number of methoxy groups -OCH3 is 1. The first-order chi connectivity index (χ1) is 12.3. The molecule has 26 heavy (non-hydrogen) atoms. The fourth-order valence-electron chi connectivity index (χ4n) is 2.42. The molecule has 8 nitrogen and oxygen atoms in total. The smallest absolute Gasteiger partial charge is 0.326 e. The number of nitrogens with zero attached hydrogens (tertiary/aromatic N) is 2. The summed E-state index contributed by atoms with van der Waals surface area (Å²) in [6, 6.07) is 11.5. The Balaban J connectivity index is 2.62. The van der Waals surface area contributed by atoms with Crippen molar-refractivity contribution in [3.05, 3.63) is 64.2 Å². The number of benzene rings is 2. The standard InChI is InChI=1S/C17H18N2O6S/c1-3-13-7-4-5-10-16(13)18(12-17(20)25-2)26(23,24)15-9-6-8-14(11-15)19(21)22/h4-11H,3,12H2,1-2H3. The van der Waals surface area contributed by atoms with Gasteiger partial charge in [0.1, 0.15) is 6.54 Å². The summed E-state index contributed by atoms with van der Waals surface area (Å²) in [4.78, 5) is 21.8. The summed E-state index contributed by atoms with van der Waals surface area (Å²) in [5, 5.41) is 11.0. The Labute approximate surface area is 151 Å². The van der Waals surface area contributed by atoms with Gasteiger partial charge < -0.3 is 4.74 Å². The van der Waals surface area contributed by atoms with E-state index in [0.29, 0.717) is 17.7 Å². The minimum Gasteiger partial charge on any atom is -0.468 e. The van der Waals surface area contributed by atoms with Gasteiger partial charge in [-0.25, -0.2) is 8.42 Å². The van der Waals surface area contributed by atoms with Crippen LogP contribution >= 0.6 is 0 Å². The number of esters is 1. The predicted molar refractivity (Wildman–Crippen MR) is 95.5 cm³/mol. The summed E-state index contributed by atoms with van der Waals surface area (Å²) in [5.41, 5.74) is 0.685. The van der Waals surface area contributed by atoms with Crippen LogP contribution in [0.5, 0.6) is 0 Å². The monoisotopic (exact) mass is 378 g/mol. The molecule has 0 saturated heterocycles. The largest absolute Gasteiger partial charge is 0.468 e. The second-order valence-corrected chi connectivity index (χ2v) is 7.19. The number of sulfonamides is 1. The number of nitro groups is 1. The lowest BCUT2D eigenvalue weighted by atomic mass is 10.1. The van der Waals surface area contributed by atoms with Gasteiger partial charge in [0.25, 0.3) is 15.7 Å². The summed E-state index contributed by atoms with van der Waals surface area (Å²) in [5.74, 6) is -0.745. The lowest BCUT2D eigenvalue weighted by Crippen LogP contribution is -2.37. The van der Waals surface area contributed by atoms with Crippen molar-refractivity contribution in [2.45, 2.75) is 18.2 Å². The first-order valence-electron chi connectivity index (χ1n) is 7.73. The summed E-state index contributed by atoms with van der Waals surface area (Å²) < 4.78 is 31.8. The van der Waals surface area contributed by atoms with Crippen LogP contribution in [0, 0.1) is 10.1 Å². The van der Waals surface area contributed by atoms with Crippen LogP contribution in [0.25, 0.3) is 0 Å². The molecule has 0 aromatic heterocycles. The highest BCUT2D eigenvalue weighted by Crippen LogP contribution is 2.29. The molecule has 0 aliphatic carbocycles. The molecule has 0 unspecified atom stereocenters. The molecule has 0 N–H and O–H groups in total. The maximum absolute atomic E-state index is 13.1. The molecule has 0 bridgehead atoms. The van der Waals surface area contributed by atoms with Crippen LogP contribution < -0.4 is 4.31 Å². The lowest BCUT2D eigenvalue weighted by molar-refractivity contribution is -0.385. The SMILES string of the molecule is CCc1ccccc1N(CC(=O)OC)S(=O)(=O)c1cccc([N+](=O)[O-])c1. The zero-order chi connectivity index (χ0) is 19.3. The van der Waals surface area contributed by atoms with Crippen LogP contribution in [-0.2, 0) is 26.0 Å². The molecule has 0 spiro atoms. The number of non-ortho nitro benzene ring substituents is 1. The topological polar surface area (TPSA) is 107 Å². The maximum atomic E-state index is 13.1. The average molecular weight is 378 g/mol. The quantitative estimate of drug-likeness (QED) is 0.416. The van der Waals surface area contributed by atoms with E-state index in [1.807, 2.05) is 6.92 Å². The average Bonchev–Trinajstić information content (AvgIpc) is 2.65. The highest BCUT2D eigenvalue weighted by Gasteiger charge is 2.30. The normalized spacial score (nSPS) is 11.0. The summed E-state index contributed by atoms with van der Waals surface area (Å²) >= 11 is 0. The van der Waals surface area contributed by atoms with E-state index in [9.17, 15) is 23.3 Å². The van der Waals surface area contributed by atoms with E-state index in [1.54, 1.807) is 24.3 Å². The second kappa shape index (κ2) is 7.96. The number of para-hydroxylation sites is 1. The van der Waals surface area contributed by atoms with Crippen molar-refractivity contribution < 1.29 is 22.9 Å². The van der Waals surface area contributed by atoms with E-state index >= 15 is 0 Å². The number of aryl methyl sites for hydroxylation is 1. The molecular weight excluding hydrogens is 360 g/mol. The number of hydrogen-bond donors (Lipinski definition) is 0. The third kappa shape index (κ3) is 3.99. The van der Waals surface area contributed by atoms with Crippen molar-refractivity contribution >= 4 is 27.4 Å². The molecule has 0 heterocycles. The van der Waals surface area contributed by atoms with Crippen molar-refractivity contribution in [1.29, 1.82) is 0 Å². The zero-order valence-corrected chi connectivity index (χ0v) is 15.1. The van der Waals surface area contributed by atoms with Gasteiger partial charge in [-0.15, -0.1) is 0 Å². The highest BCUT2D eigenvalue weighted by atomic mass is 32.2. The van der Waals surface area contributed by atoms with Crippen LogP contribution in [0.2, 0.25) is 0 Å². The Morgan fingerprint density at radius 3 is 2.50 bits per heavy atom. The van der Waals surface area contributed by atoms with Gasteiger partial charge in [-0.1, -0.05) is 31.2 Å². The number of hydrogen-bond acceptors (Lipinski definition) is 6. The van der Waals surface area contributed by atoms with Crippen molar-refractivity contribution in [2.24, 2.45) is 0 Å². The second-order valence-electron chi connectivity index (χ2n) is 5.32. The van der Waals surface area contributed by atoms with E-state index in [1.165, 1.54) is 18.2 Å². The van der Waals surface area contributed by atoms with Crippen molar-refractivity contribution in [1.82, 2.24) is 0 Å². The summed E-state index contributed by atoms with van der Waals surface area (Å²) in [6.07, 6.45) is 0.540. The van der Waals surface area contributed by atoms with Crippen LogP contribution in [0.1, 0.15) is 12.5 Å². The van der Waals surface area contributed by atoms with Crippen LogP contribution in [0.15, 0.2) is 53.4 Å². The van der Waals surface area contributed by atoms with Gasteiger partial charge in [0.05, 0.1) is 22.6 Å². The Bertz CT molecular complexity index is 926. The molecule has 0 aliphatic heterocycles. The van der Waals surface area contributed by atoms with Crippen molar-refractivity contribution in [3.63, 3.8) is 0 Å². The molecular formula is C17H18N2O6S. The van der Waals surface area contributed by atoms with Gasteiger partial charge in [-0.3, -0.25) is 19.2 Å². The minimum absolute atomic E-state index is 0.276. The highest BCUT2D eigenvalue weighted by molar-refractivity contribution is 7.92. The number of rotatable bonds is 7. The van der Waals surface area contributed by atoms with Gasteiger partial charge >= 0.3 is 5.97 Å². The first kappa shape index (κ1) is 19.4. The molecule has 9 heteroatoms. The van der Waals surface area contributed by atoms with Crippen LogP contribution in [0.4, 0.5) is 11.4 Å².